The first-order valence-corrected chi connectivity index (χ1v) is 9.85. The van der Waals surface area contributed by atoms with Gasteiger partial charge in [-0.05, 0) is 78.9 Å². The number of aromatic nitrogens is 2. The topological polar surface area (TPSA) is 16.8 Å². The summed E-state index contributed by atoms with van der Waals surface area (Å²) >= 11 is 0. The van der Waals surface area contributed by atoms with E-state index in [1.807, 2.05) is 0 Å². The van der Waals surface area contributed by atoms with Gasteiger partial charge in [0.2, 0.25) is 0 Å². The molecule has 3 aromatic rings. The number of nitrogens with zero attached hydrogens (tertiary/aromatic N) is 2. The zero-order valence-corrected chi connectivity index (χ0v) is 16.7. The average molecular weight is 346 g/mol. The minimum Gasteiger partial charge on any atom is -0.226 e. The summed E-state index contributed by atoms with van der Waals surface area (Å²) in [5.41, 5.74) is 9.17. The summed E-state index contributed by atoms with van der Waals surface area (Å²) in [4.78, 5) is 5.11. The van der Waals surface area contributed by atoms with Crippen molar-refractivity contribution in [2.24, 2.45) is 7.05 Å². The van der Waals surface area contributed by atoms with E-state index in [9.17, 15) is 0 Å². The molecule has 1 aromatic heterocycles. The third-order valence-corrected chi connectivity index (χ3v) is 6.24. The molecule has 0 aliphatic heterocycles. The molecule has 2 heteroatoms. The first-order valence-electron chi connectivity index (χ1n) is 9.85. The van der Waals surface area contributed by atoms with Crippen LogP contribution in [0.2, 0.25) is 0 Å². The van der Waals surface area contributed by atoms with Crippen LogP contribution in [0.1, 0.15) is 59.5 Å². The first-order chi connectivity index (χ1) is 12.5. The van der Waals surface area contributed by atoms with E-state index in [1.54, 1.807) is 0 Å². The van der Waals surface area contributed by atoms with Gasteiger partial charge in [-0.15, -0.1) is 0 Å². The van der Waals surface area contributed by atoms with Crippen LogP contribution in [0, 0.1) is 27.7 Å². The zero-order chi connectivity index (χ0) is 18.4. The lowest BCUT2D eigenvalue weighted by molar-refractivity contribution is -0.636. The molecule has 1 fully saturated rings. The normalized spacial score (nSPS) is 15.1. The highest BCUT2D eigenvalue weighted by atomic mass is 15.0. The Morgan fingerprint density at radius 1 is 1.00 bits per heavy atom. The Hall–Kier alpha value is -2.22. The molecule has 1 aliphatic carbocycles. The molecule has 0 radical (unpaired) electrons. The Labute approximate surface area is 156 Å². The quantitative estimate of drug-likeness (QED) is 0.551. The van der Waals surface area contributed by atoms with Crippen LogP contribution in [0.15, 0.2) is 30.3 Å². The minimum atomic E-state index is 0.702. The fourth-order valence-electron chi connectivity index (χ4n) is 4.73. The van der Waals surface area contributed by atoms with Gasteiger partial charge in [-0.1, -0.05) is 31.0 Å². The highest BCUT2D eigenvalue weighted by Crippen LogP contribution is 2.38. The van der Waals surface area contributed by atoms with E-state index >= 15 is 0 Å². The maximum absolute atomic E-state index is 5.11. The lowest BCUT2D eigenvalue weighted by Crippen LogP contribution is -2.34. The Balaban J connectivity index is 1.99. The molecule has 1 aliphatic rings. The van der Waals surface area contributed by atoms with Gasteiger partial charge in [0.05, 0.1) is 18.0 Å². The van der Waals surface area contributed by atoms with Gasteiger partial charge in [-0.25, -0.2) is 4.57 Å². The SMILES string of the molecule is Cc1cc(C)c(C)c(-c2nc(C)c3c(C4CCCC4)cccc3[n+]2C)c1. The molecular weight excluding hydrogens is 316 g/mol. The molecule has 0 atom stereocenters. The summed E-state index contributed by atoms with van der Waals surface area (Å²) in [6, 6.07) is 11.3. The number of hydrogen-bond acceptors (Lipinski definition) is 1. The minimum absolute atomic E-state index is 0.702. The van der Waals surface area contributed by atoms with E-state index in [-0.39, 0.29) is 0 Å². The van der Waals surface area contributed by atoms with Crippen molar-refractivity contribution in [1.82, 2.24) is 4.98 Å². The zero-order valence-electron chi connectivity index (χ0n) is 16.7. The standard InChI is InChI=1S/C24H29N2/c1-15-13-16(2)17(3)21(14-15)24-25-18(4)23-20(19-9-6-7-10-19)11-8-12-22(23)26(24)5/h8,11-14,19H,6-7,9-10H2,1-5H3/q+1. The highest BCUT2D eigenvalue weighted by molar-refractivity contribution is 5.83. The molecule has 2 nitrogen and oxygen atoms in total. The number of benzene rings is 2. The number of hydrogen-bond donors (Lipinski definition) is 0. The molecule has 0 saturated heterocycles. The third-order valence-electron chi connectivity index (χ3n) is 6.24. The number of rotatable bonds is 2. The van der Waals surface area contributed by atoms with E-state index < -0.39 is 0 Å². The molecule has 4 rings (SSSR count). The molecule has 0 N–H and O–H groups in total. The van der Waals surface area contributed by atoms with Gasteiger partial charge in [0.15, 0.2) is 5.69 Å². The Kier molecular flexibility index (Phi) is 4.30. The second-order valence-corrected chi connectivity index (χ2v) is 8.06. The largest absolute Gasteiger partial charge is 0.331 e. The van der Waals surface area contributed by atoms with Crippen molar-refractivity contribution in [3.63, 3.8) is 0 Å². The third kappa shape index (κ3) is 2.72. The van der Waals surface area contributed by atoms with Crippen LogP contribution in [0.4, 0.5) is 0 Å². The van der Waals surface area contributed by atoms with Crippen molar-refractivity contribution < 1.29 is 4.57 Å². The summed E-state index contributed by atoms with van der Waals surface area (Å²) in [7, 11) is 2.17. The van der Waals surface area contributed by atoms with Crippen LogP contribution in [0.25, 0.3) is 22.3 Å². The molecule has 0 bridgehead atoms. The van der Waals surface area contributed by atoms with Crippen molar-refractivity contribution in [2.75, 3.05) is 0 Å². The average Bonchev–Trinajstić information content (AvgIpc) is 3.15. The Morgan fingerprint density at radius 3 is 2.46 bits per heavy atom. The van der Waals surface area contributed by atoms with Crippen molar-refractivity contribution in [3.05, 3.63) is 58.3 Å². The second-order valence-electron chi connectivity index (χ2n) is 8.06. The van der Waals surface area contributed by atoms with Gasteiger partial charge in [-0.2, -0.15) is 0 Å². The van der Waals surface area contributed by atoms with Crippen LogP contribution >= 0.6 is 0 Å². The predicted molar refractivity (Wildman–Crippen MR) is 109 cm³/mol. The van der Waals surface area contributed by atoms with Crippen LogP contribution < -0.4 is 4.57 Å². The molecule has 134 valence electrons. The molecule has 1 saturated carbocycles. The molecule has 2 aromatic carbocycles. The van der Waals surface area contributed by atoms with Gasteiger partial charge in [0.25, 0.3) is 0 Å². The van der Waals surface area contributed by atoms with Crippen molar-refractivity contribution in [2.45, 2.75) is 59.3 Å². The summed E-state index contributed by atoms with van der Waals surface area (Å²) in [5, 5.41) is 1.37. The van der Waals surface area contributed by atoms with Gasteiger partial charge in [0, 0.05) is 6.92 Å². The highest BCUT2D eigenvalue weighted by Gasteiger charge is 2.26. The Bertz CT molecular complexity index is 995. The predicted octanol–water partition coefficient (Wildman–Crippen LogP) is 5.62. The summed E-state index contributed by atoms with van der Waals surface area (Å²) < 4.78 is 2.29. The molecule has 1 heterocycles. The van der Waals surface area contributed by atoms with Crippen LogP contribution in [-0.2, 0) is 7.05 Å². The monoisotopic (exact) mass is 345 g/mol. The molecule has 0 amide bonds. The number of aryl methyl sites for hydroxylation is 4. The van der Waals surface area contributed by atoms with E-state index in [4.69, 9.17) is 4.98 Å². The van der Waals surface area contributed by atoms with E-state index in [0.29, 0.717) is 5.92 Å². The maximum atomic E-state index is 5.11. The second kappa shape index (κ2) is 6.50. The van der Waals surface area contributed by atoms with Gasteiger partial charge in [-0.3, -0.25) is 0 Å². The van der Waals surface area contributed by atoms with E-state index in [1.165, 1.54) is 64.4 Å². The van der Waals surface area contributed by atoms with E-state index in [0.717, 1.165) is 11.5 Å². The summed E-state index contributed by atoms with van der Waals surface area (Å²) in [6.45, 7) is 8.75. The number of fused-ring (bicyclic) bond motifs is 1. The fourth-order valence-corrected chi connectivity index (χ4v) is 4.73. The van der Waals surface area contributed by atoms with Crippen LogP contribution in [-0.4, -0.2) is 4.98 Å². The Morgan fingerprint density at radius 2 is 1.73 bits per heavy atom. The maximum Gasteiger partial charge on any atom is 0.331 e. The molecule has 26 heavy (non-hydrogen) atoms. The molecule has 0 unspecified atom stereocenters. The van der Waals surface area contributed by atoms with E-state index in [2.05, 4.69) is 69.6 Å². The van der Waals surface area contributed by atoms with Crippen molar-refractivity contribution >= 4 is 10.9 Å². The van der Waals surface area contributed by atoms with Gasteiger partial charge < -0.3 is 0 Å². The van der Waals surface area contributed by atoms with Crippen LogP contribution in [0.3, 0.4) is 0 Å². The smallest absolute Gasteiger partial charge is 0.226 e. The van der Waals surface area contributed by atoms with Crippen molar-refractivity contribution in [3.8, 4) is 11.4 Å². The molecule has 0 spiro atoms. The fraction of sp³-hybridized carbons (Fsp3) is 0.417. The summed E-state index contributed by atoms with van der Waals surface area (Å²) in [6.07, 6.45) is 5.36. The van der Waals surface area contributed by atoms with Gasteiger partial charge in [0.1, 0.15) is 5.52 Å². The molecular formula is C24H29N2+. The van der Waals surface area contributed by atoms with Gasteiger partial charge >= 0.3 is 5.82 Å². The lowest BCUT2D eigenvalue weighted by Gasteiger charge is -2.15. The first kappa shape index (κ1) is 17.2. The summed E-state index contributed by atoms with van der Waals surface area (Å²) in [5.74, 6) is 1.77. The van der Waals surface area contributed by atoms with Crippen LogP contribution in [0.5, 0.6) is 0 Å². The lowest BCUT2D eigenvalue weighted by atomic mass is 9.92. The van der Waals surface area contributed by atoms with Crippen molar-refractivity contribution in [1.29, 1.82) is 0 Å².